The predicted octanol–water partition coefficient (Wildman–Crippen LogP) is 5.26. The monoisotopic (exact) mass is 409 g/mol. The average Bonchev–Trinajstić information content (AvgIpc) is 2.72. The van der Waals surface area contributed by atoms with Crippen molar-refractivity contribution in [1.82, 2.24) is 0 Å². The molecule has 0 N–H and O–H groups in total. The van der Waals surface area contributed by atoms with E-state index in [1.807, 2.05) is 12.1 Å². The van der Waals surface area contributed by atoms with Crippen LogP contribution in [0.5, 0.6) is 5.75 Å². The molecule has 0 aliphatic rings. The molecule has 0 saturated heterocycles. The number of hydrogen-bond acceptors (Lipinski definition) is 4. The number of nitrogens with zero attached hydrogens (tertiary/aromatic N) is 1. The van der Waals surface area contributed by atoms with Crippen LogP contribution in [-0.2, 0) is 16.4 Å². The number of allylic oxidation sites excluding steroid dienone is 1. The molecule has 4 nitrogen and oxygen atoms in total. The first-order chi connectivity index (χ1) is 13.5. The van der Waals surface area contributed by atoms with Gasteiger partial charge < -0.3 is 4.74 Å². The normalized spacial score (nSPS) is 11.6. The second-order valence-electron chi connectivity index (χ2n) is 5.92. The molecule has 0 atom stereocenters. The van der Waals surface area contributed by atoms with Gasteiger partial charge in [-0.15, -0.1) is 0 Å². The van der Waals surface area contributed by atoms with Gasteiger partial charge in [0, 0.05) is 5.02 Å². The second-order valence-corrected chi connectivity index (χ2v) is 8.28. The zero-order valence-electron chi connectivity index (χ0n) is 14.7. The summed E-state index contributed by atoms with van der Waals surface area (Å²) in [6.07, 6.45) is 1.34. The summed E-state index contributed by atoms with van der Waals surface area (Å²) < 4.78 is 31.1. The van der Waals surface area contributed by atoms with E-state index in [4.69, 9.17) is 16.3 Å². The highest BCUT2D eigenvalue weighted by Crippen LogP contribution is 2.23. The molecule has 0 unspecified atom stereocenters. The van der Waals surface area contributed by atoms with Gasteiger partial charge in [0.05, 0.1) is 4.90 Å². The van der Waals surface area contributed by atoms with Crippen LogP contribution in [0.4, 0.5) is 0 Å². The molecular weight excluding hydrogens is 394 g/mol. The topological polar surface area (TPSA) is 67.2 Å². The molecule has 0 aliphatic heterocycles. The standard InChI is InChI=1S/C22H16ClNO3S/c23-19-11-9-17(10-12-19)16-27-20-6-4-5-18(13-20)14-22(15-24)28(25,26)21-7-2-1-3-8-21/h1-14H,16H2. The first kappa shape index (κ1) is 19.7. The third-order valence-corrected chi connectivity index (χ3v) is 5.86. The lowest BCUT2D eigenvalue weighted by Crippen LogP contribution is -2.03. The summed E-state index contributed by atoms with van der Waals surface area (Å²) in [7, 11) is -3.87. The summed E-state index contributed by atoms with van der Waals surface area (Å²) >= 11 is 5.87. The van der Waals surface area contributed by atoms with E-state index in [1.165, 1.54) is 18.2 Å². The van der Waals surface area contributed by atoms with Gasteiger partial charge in [0.15, 0.2) is 0 Å². The van der Waals surface area contributed by atoms with Crippen molar-refractivity contribution >= 4 is 27.5 Å². The van der Waals surface area contributed by atoms with Crippen LogP contribution in [0.2, 0.25) is 5.02 Å². The lowest BCUT2D eigenvalue weighted by Gasteiger charge is -2.08. The SMILES string of the molecule is N#CC(=Cc1cccc(OCc2ccc(Cl)cc2)c1)S(=O)(=O)c1ccccc1. The van der Waals surface area contributed by atoms with Crippen molar-refractivity contribution in [3.8, 4) is 11.8 Å². The van der Waals surface area contributed by atoms with Crippen molar-refractivity contribution < 1.29 is 13.2 Å². The number of hydrogen-bond donors (Lipinski definition) is 0. The van der Waals surface area contributed by atoms with Crippen LogP contribution < -0.4 is 4.74 Å². The fraction of sp³-hybridized carbons (Fsp3) is 0.0455. The van der Waals surface area contributed by atoms with Gasteiger partial charge in [0.2, 0.25) is 9.84 Å². The van der Waals surface area contributed by atoms with Gasteiger partial charge in [0.25, 0.3) is 0 Å². The summed E-state index contributed by atoms with van der Waals surface area (Å²) in [5.41, 5.74) is 1.51. The van der Waals surface area contributed by atoms with E-state index < -0.39 is 9.84 Å². The zero-order chi connectivity index (χ0) is 20.0. The maximum Gasteiger partial charge on any atom is 0.216 e. The Bertz CT molecular complexity index is 1130. The van der Waals surface area contributed by atoms with E-state index in [0.717, 1.165) is 5.56 Å². The molecule has 0 saturated carbocycles. The van der Waals surface area contributed by atoms with Gasteiger partial charge in [-0.1, -0.05) is 54.1 Å². The molecule has 0 bridgehead atoms. The Balaban J connectivity index is 1.82. The van der Waals surface area contributed by atoms with Crippen molar-refractivity contribution in [2.45, 2.75) is 11.5 Å². The van der Waals surface area contributed by atoms with Crippen LogP contribution >= 0.6 is 11.6 Å². The number of sulfone groups is 1. The molecule has 0 fully saturated rings. The summed E-state index contributed by atoms with van der Waals surface area (Å²) in [4.78, 5) is -0.244. The summed E-state index contributed by atoms with van der Waals surface area (Å²) in [6.45, 7) is 0.345. The van der Waals surface area contributed by atoms with E-state index in [1.54, 1.807) is 60.7 Å². The second kappa shape index (κ2) is 8.75. The summed E-state index contributed by atoms with van der Waals surface area (Å²) in [5.74, 6) is 0.568. The lowest BCUT2D eigenvalue weighted by atomic mass is 10.2. The maximum absolute atomic E-state index is 12.7. The van der Waals surface area contributed by atoms with E-state index in [-0.39, 0.29) is 9.80 Å². The molecule has 0 heterocycles. The summed E-state index contributed by atoms with van der Waals surface area (Å²) in [5, 5.41) is 10.0. The van der Waals surface area contributed by atoms with E-state index in [0.29, 0.717) is 22.9 Å². The Morgan fingerprint density at radius 3 is 2.39 bits per heavy atom. The van der Waals surface area contributed by atoms with Gasteiger partial charge in [-0.3, -0.25) is 0 Å². The average molecular weight is 410 g/mol. The van der Waals surface area contributed by atoms with Crippen LogP contribution in [0.15, 0.2) is 88.7 Å². The molecule has 0 spiro atoms. The molecule has 0 amide bonds. The minimum atomic E-state index is -3.87. The van der Waals surface area contributed by atoms with E-state index >= 15 is 0 Å². The molecule has 3 rings (SSSR count). The van der Waals surface area contributed by atoms with E-state index in [9.17, 15) is 13.7 Å². The number of nitriles is 1. The van der Waals surface area contributed by atoms with Crippen LogP contribution in [0, 0.1) is 11.3 Å². The smallest absolute Gasteiger partial charge is 0.216 e. The van der Waals surface area contributed by atoms with Gasteiger partial charge in [0.1, 0.15) is 23.3 Å². The molecule has 28 heavy (non-hydrogen) atoms. The highest BCUT2D eigenvalue weighted by molar-refractivity contribution is 7.95. The Morgan fingerprint density at radius 1 is 1.00 bits per heavy atom. The number of benzene rings is 3. The Hall–Kier alpha value is -3.07. The number of halogens is 1. The Morgan fingerprint density at radius 2 is 1.71 bits per heavy atom. The number of ether oxygens (including phenoxy) is 1. The first-order valence-electron chi connectivity index (χ1n) is 8.38. The van der Waals surface area contributed by atoms with Crippen LogP contribution in [0.25, 0.3) is 6.08 Å². The fourth-order valence-corrected chi connectivity index (χ4v) is 3.80. The first-order valence-corrected chi connectivity index (χ1v) is 10.2. The highest BCUT2D eigenvalue weighted by atomic mass is 35.5. The zero-order valence-corrected chi connectivity index (χ0v) is 16.3. The highest BCUT2D eigenvalue weighted by Gasteiger charge is 2.20. The van der Waals surface area contributed by atoms with Gasteiger partial charge >= 0.3 is 0 Å². The lowest BCUT2D eigenvalue weighted by molar-refractivity contribution is 0.306. The Labute approximate surface area is 169 Å². The van der Waals surface area contributed by atoms with Crippen molar-refractivity contribution in [3.05, 3.63) is 99.9 Å². The molecule has 0 radical (unpaired) electrons. The molecule has 3 aromatic carbocycles. The van der Waals surface area contributed by atoms with Gasteiger partial charge in [-0.2, -0.15) is 5.26 Å². The fourth-order valence-electron chi connectivity index (χ4n) is 2.49. The van der Waals surface area contributed by atoms with Crippen LogP contribution in [0.3, 0.4) is 0 Å². The number of rotatable bonds is 6. The third kappa shape index (κ3) is 4.80. The minimum Gasteiger partial charge on any atom is -0.489 e. The summed E-state index contributed by atoms with van der Waals surface area (Å²) in [6, 6.07) is 23.9. The molecule has 0 aliphatic carbocycles. The van der Waals surface area contributed by atoms with Gasteiger partial charge in [-0.25, -0.2) is 8.42 Å². The minimum absolute atomic E-state index is 0.0814. The van der Waals surface area contributed by atoms with Crippen LogP contribution in [0.1, 0.15) is 11.1 Å². The van der Waals surface area contributed by atoms with Crippen LogP contribution in [-0.4, -0.2) is 8.42 Å². The molecular formula is C22H16ClNO3S. The molecule has 6 heteroatoms. The largest absolute Gasteiger partial charge is 0.489 e. The third-order valence-electron chi connectivity index (χ3n) is 3.93. The maximum atomic E-state index is 12.7. The van der Waals surface area contributed by atoms with Gasteiger partial charge in [-0.05, 0) is 53.6 Å². The van der Waals surface area contributed by atoms with E-state index in [2.05, 4.69) is 0 Å². The van der Waals surface area contributed by atoms with Crippen molar-refractivity contribution in [2.24, 2.45) is 0 Å². The molecule has 140 valence electrons. The van der Waals surface area contributed by atoms with Crippen molar-refractivity contribution in [2.75, 3.05) is 0 Å². The quantitative estimate of drug-likeness (QED) is 0.521. The Kier molecular flexibility index (Phi) is 6.15. The molecule has 0 aromatic heterocycles. The van der Waals surface area contributed by atoms with Crippen molar-refractivity contribution in [1.29, 1.82) is 5.26 Å². The molecule has 3 aromatic rings. The predicted molar refractivity (Wildman–Crippen MR) is 109 cm³/mol. The van der Waals surface area contributed by atoms with Crippen molar-refractivity contribution in [3.63, 3.8) is 0 Å².